The molecule has 1 aliphatic rings. The molecule has 2 aromatic heterocycles. The van der Waals surface area contributed by atoms with E-state index >= 15 is 0 Å². The molecule has 0 unspecified atom stereocenters. The summed E-state index contributed by atoms with van der Waals surface area (Å²) >= 11 is 0. The van der Waals surface area contributed by atoms with E-state index in [9.17, 15) is 0 Å². The van der Waals surface area contributed by atoms with E-state index in [1.165, 1.54) is 6.42 Å². The Morgan fingerprint density at radius 1 is 1.43 bits per heavy atom. The van der Waals surface area contributed by atoms with E-state index in [-0.39, 0.29) is 0 Å². The van der Waals surface area contributed by atoms with Crippen molar-refractivity contribution in [3.05, 3.63) is 29.2 Å². The maximum atomic E-state index is 5.07. The molecule has 0 saturated carbocycles. The first-order valence-corrected chi connectivity index (χ1v) is 7.68. The van der Waals surface area contributed by atoms with Crippen LogP contribution in [0.4, 0.5) is 0 Å². The third-order valence-corrected chi connectivity index (χ3v) is 4.01. The molecule has 3 rings (SSSR count). The second kappa shape index (κ2) is 5.97. The van der Waals surface area contributed by atoms with Gasteiger partial charge in [0.25, 0.3) is 0 Å². The highest BCUT2D eigenvalue weighted by atomic mass is 16.5. The van der Waals surface area contributed by atoms with Crippen molar-refractivity contribution in [2.75, 3.05) is 6.54 Å². The summed E-state index contributed by atoms with van der Waals surface area (Å²) in [7, 11) is 0. The molecule has 3 heterocycles. The molecule has 1 N–H and O–H groups in total. The molecule has 6 heteroatoms. The van der Waals surface area contributed by atoms with Crippen molar-refractivity contribution in [2.45, 2.75) is 52.6 Å². The van der Waals surface area contributed by atoms with E-state index in [1.54, 1.807) is 0 Å². The second-order valence-corrected chi connectivity index (χ2v) is 6.20. The van der Waals surface area contributed by atoms with Gasteiger partial charge in [-0.3, -0.25) is 0 Å². The quantitative estimate of drug-likeness (QED) is 0.912. The largest absolute Gasteiger partial charge is 0.361 e. The highest BCUT2D eigenvalue weighted by molar-refractivity contribution is 5.04. The lowest BCUT2D eigenvalue weighted by Crippen LogP contribution is -2.30. The van der Waals surface area contributed by atoms with E-state index in [0.29, 0.717) is 11.8 Å². The van der Waals surface area contributed by atoms with Crippen LogP contribution in [0.25, 0.3) is 0 Å². The van der Waals surface area contributed by atoms with Gasteiger partial charge in [-0.15, -0.1) is 10.2 Å². The highest BCUT2D eigenvalue weighted by Crippen LogP contribution is 2.23. The van der Waals surface area contributed by atoms with Gasteiger partial charge >= 0.3 is 0 Å². The Kier molecular flexibility index (Phi) is 4.05. The standard InChI is InChI=1S/C15H23N5O/c1-10(2)15-18-17-14-5-4-12(9-20(14)15)7-16-8-13-6-11(3)21-19-13/h6,10,12,16H,4-5,7-9H2,1-3H3/t12-/m1/s1. The molecule has 2 aromatic rings. The summed E-state index contributed by atoms with van der Waals surface area (Å²) in [6, 6.07) is 1.97. The summed E-state index contributed by atoms with van der Waals surface area (Å²) < 4.78 is 7.38. The number of fused-ring (bicyclic) bond motifs is 1. The van der Waals surface area contributed by atoms with Crippen molar-refractivity contribution in [2.24, 2.45) is 5.92 Å². The van der Waals surface area contributed by atoms with Crippen molar-refractivity contribution in [1.29, 1.82) is 0 Å². The van der Waals surface area contributed by atoms with Crippen LogP contribution in [0.3, 0.4) is 0 Å². The fraction of sp³-hybridized carbons (Fsp3) is 0.667. The lowest BCUT2D eigenvalue weighted by Gasteiger charge is -2.25. The Morgan fingerprint density at radius 2 is 2.29 bits per heavy atom. The summed E-state index contributed by atoms with van der Waals surface area (Å²) in [4.78, 5) is 0. The smallest absolute Gasteiger partial charge is 0.135 e. The van der Waals surface area contributed by atoms with E-state index in [2.05, 4.69) is 39.1 Å². The van der Waals surface area contributed by atoms with Crippen LogP contribution in [0.15, 0.2) is 10.6 Å². The van der Waals surface area contributed by atoms with E-state index in [1.807, 2.05) is 13.0 Å². The highest BCUT2D eigenvalue weighted by Gasteiger charge is 2.23. The third kappa shape index (κ3) is 3.15. The van der Waals surface area contributed by atoms with E-state index < -0.39 is 0 Å². The predicted molar refractivity (Wildman–Crippen MR) is 78.9 cm³/mol. The molecule has 114 valence electrons. The van der Waals surface area contributed by atoms with Crippen molar-refractivity contribution >= 4 is 0 Å². The van der Waals surface area contributed by atoms with Crippen LogP contribution in [-0.4, -0.2) is 26.5 Å². The zero-order valence-electron chi connectivity index (χ0n) is 13.0. The fourth-order valence-corrected chi connectivity index (χ4v) is 2.92. The summed E-state index contributed by atoms with van der Waals surface area (Å²) in [5.41, 5.74) is 0.969. The number of aromatic nitrogens is 4. The summed E-state index contributed by atoms with van der Waals surface area (Å²) in [5, 5.41) is 16.1. The molecular weight excluding hydrogens is 266 g/mol. The van der Waals surface area contributed by atoms with Crippen molar-refractivity contribution in [3.63, 3.8) is 0 Å². The number of nitrogens with one attached hydrogen (secondary N) is 1. The SMILES string of the molecule is Cc1cc(CNC[C@H]2CCc3nnc(C(C)C)n3C2)no1. The Labute approximate surface area is 124 Å². The normalized spacial score (nSPS) is 18.2. The average molecular weight is 289 g/mol. The van der Waals surface area contributed by atoms with Gasteiger partial charge in [-0.2, -0.15) is 0 Å². The molecular formula is C15H23N5O. The van der Waals surface area contributed by atoms with Gasteiger partial charge in [-0.05, 0) is 19.3 Å². The predicted octanol–water partition coefficient (Wildman–Crippen LogP) is 2.05. The van der Waals surface area contributed by atoms with Crippen LogP contribution in [0.2, 0.25) is 0 Å². The van der Waals surface area contributed by atoms with Gasteiger partial charge < -0.3 is 14.4 Å². The minimum Gasteiger partial charge on any atom is -0.361 e. The fourth-order valence-electron chi connectivity index (χ4n) is 2.92. The Morgan fingerprint density at radius 3 is 3.00 bits per heavy atom. The zero-order valence-corrected chi connectivity index (χ0v) is 13.0. The molecule has 0 bridgehead atoms. The van der Waals surface area contributed by atoms with Gasteiger partial charge in [0.15, 0.2) is 0 Å². The molecule has 1 aliphatic heterocycles. The van der Waals surface area contributed by atoms with Gasteiger partial charge in [0.2, 0.25) is 0 Å². The number of nitrogens with zero attached hydrogens (tertiary/aromatic N) is 4. The molecule has 0 amide bonds. The van der Waals surface area contributed by atoms with Crippen LogP contribution in [0.5, 0.6) is 0 Å². The summed E-state index contributed by atoms with van der Waals surface area (Å²) in [6.45, 7) is 9.03. The molecule has 0 saturated heterocycles. The van der Waals surface area contributed by atoms with Gasteiger partial charge in [-0.1, -0.05) is 19.0 Å². The van der Waals surface area contributed by atoms with E-state index in [4.69, 9.17) is 4.52 Å². The minimum absolute atomic E-state index is 0.427. The lowest BCUT2D eigenvalue weighted by molar-refractivity contribution is 0.336. The van der Waals surface area contributed by atoms with Crippen LogP contribution in [0, 0.1) is 12.8 Å². The van der Waals surface area contributed by atoms with Crippen molar-refractivity contribution in [1.82, 2.24) is 25.2 Å². The Bertz CT molecular complexity index is 601. The van der Waals surface area contributed by atoms with Crippen LogP contribution < -0.4 is 5.32 Å². The first-order chi connectivity index (χ1) is 10.1. The maximum Gasteiger partial charge on any atom is 0.135 e. The number of hydrogen-bond acceptors (Lipinski definition) is 5. The van der Waals surface area contributed by atoms with Gasteiger partial charge in [0, 0.05) is 38.0 Å². The Hall–Kier alpha value is -1.69. The number of hydrogen-bond donors (Lipinski definition) is 1. The van der Waals surface area contributed by atoms with Crippen LogP contribution in [-0.2, 0) is 19.5 Å². The molecule has 0 fully saturated rings. The van der Waals surface area contributed by atoms with E-state index in [0.717, 1.165) is 49.2 Å². The maximum absolute atomic E-state index is 5.07. The molecule has 1 atom stereocenters. The molecule has 0 radical (unpaired) electrons. The molecule has 0 aromatic carbocycles. The van der Waals surface area contributed by atoms with Crippen molar-refractivity contribution in [3.8, 4) is 0 Å². The summed E-state index contributed by atoms with van der Waals surface area (Å²) in [6.07, 6.45) is 2.19. The number of rotatable bonds is 5. The van der Waals surface area contributed by atoms with Crippen molar-refractivity contribution < 1.29 is 4.52 Å². The van der Waals surface area contributed by atoms with Gasteiger partial charge in [0.05, 0.1) is 5.69 Å². The van der Waals surface area contributed by atoms with Crippen LogP contribution >= 0.6 is 0 Å². The first-order valence-electron chi connectivity index (χ1n) is 7.68. The summed E-state index contributed by atoms with van der Waals surface area (Å²) in [5.74, 6) is 4.17. The minimum atomic E-state index is 0.427. The zero-order chi connectivity index (χ0) is 14.8. The molecule has 0 aliphatic carbocycles. The average Bonchev–Trinajstić information content (AvgIpc) is 3.04. The lowest BCUT2D eigenvalue weighted by atomic mass is 9.98. The molecule has 0 spiro atoms. The third-order valence-electron chi connectivity index (χ3n) is 4.01. The monoisotopic (exact) mass is 289 g/mol. The Balaban J connectivity index is 1.55. The first kappa shape index (κ1) is 14.3. The second-order valence-electron chi connectivity index (χ2n) is 6.20. The van der Waals surface area contributed by atoms with Gasteiger partial charge in [-0.25, -0.2) is 0 Å². The topological polar surface area (TPSA) is 68.8 Å². The molecule has 21 heavy (non-hydrogen) atoms. The number of aryl methyl sites for hydroxylation is 2. The van der Waals surface area contributed by atoms with Gasteiger partial charge in [0.1, 0.15) is 17.4 Å². The molecule has 6 nitrogen and oxygen atoms in total. The van der Waals surface area contributed by atoms with Crippen LogP contribution in [0.1, 0.15) is 49.3 Å².